The molecule has 5 rings (SSSR count). The van der Waals surface area contributed by atoms with Gasteiger partial charge < -0.3 is 19.5 Å². The van der Waals surface area contributed by atoms with Gasteiger partial charge in [-0.25, -0.2) is 9.97 Å². The predicted octanol–water partition coefficient (Wildman–Crippen LogP) is 6.54. The quantitative estimate of drug-likeness (QED) is 0.247. The van der Waals surface area contributed by atoms with Gasteiger partial charge in [-0.1, -0.05) is 36.4 Å². The molecular weight excluding hydrogens is 486 g/mol. The fraction of sp³-hybridized carbons (Fsp3) is 0.138. The fourth-order valence-corrected chi connectivity index (χ4v) is 4.34. The Labute approximate surface area is 219 Å². The molecule has 0 fully saturated rings. The second-order valence-corrected chi connectivity index (χ2v) is 9.23. The summed E-state index contributed by atoms with van der Waals surface area (Å²) in [6.45, 7) is 8.11. The van der Waals surface area contributed by atoms with Crippen LogP contribution in [0.25, 0.3) is 28.3 Å². The standard InChI is InChI=1S/C29H26ClN5O2/c1-18(2)33-26-15-22(19(3)16-32-26)25-14-23(28(37-25)21-8-4-5-9-24(21)30)29(36)31-12-11-20-17-35-13-7-6-10-27(35)34-20/h4-10,13-17H,1,11-12H2,2-3H3,(H,31,36)(H,32,33). The number of aryl methyl sites for hydroxylation is 1. The van der Waals surface area contributed by atoms with Gasteiger partial charge in [0.15, 0.2) is 0 Å². The zero-order valence-corrected chi connectivity index (χ0v) is 21.3. The van der Waals surface area contributed by atoms with Gasteiger partial charge in [0, 0.05) is 48.4 Å². The van der Waals surface area contributed by atoms with Gasteiger partial charge in [0.25, 0.3) is 5.91 Å². The van der Waals surface area contributed by atoms with Crippen LogP contribution in [0.1, 0.15) is 28.5 Å². The number of fused-ring (bicyclic) bond motifs is 1. The third-order valence-electron chi connectivity index (χ3n) is 5.89. The molecule has 37 heavy (non-hydrogen) atoms. The van der Waals surface area contributed by atoms with E-state index in [1.807, 2.05) is 73.1 Å². The van der Waals surface area contributed by atoms with Gasteiger partial charge in [-0.15, -0.1) is 0 Å². The van der Waals surface area contributed by atoms with Crippen LogP contribution in [0.3, 0.4) is 0 Å². The molecule has 186 valence electrons. The van der Waals surface area contributed by atoms with Crippen molar-refractivity contribution < 1.29 is 9.21 Å². The third kappa shape index (κ3) is 5.27. The minimum atomic E-state index is -0.249. The molecular formula is C29H26ClN5O2. The molecule has 4 aromatic heterocycles. The van der Waals surface area contributed by atoms with Gasteiger partial charge in [-0.3, -0.25) is 4.79 Å². The van der Waals surface area contributed by atoms with Crippen LogP contribution in [-0.2, 0) is 6.42 Å². The first kappa shape index (κ1) is 24.3. The summed E-state index contributed by atoms with van der Waals surface area (Å²) in [5.74, 6) is 1.35. The van der Waals surface area contributed by atoms with Gasteiger partial charge >= 0.3 is 0 Å². The summed E-state index contributed by atoms with van der Waals surface area (Å²) in [7, 11) is 0. The predicted molar refractivity (Wildman–Crippen MR) is 147 cm³/mol. The number of amides is 1. The highest BCUT2D eigenvalue weighted by molar-refractivity contribution is 6.33. The van der Waals surface area contributed by atoms with Crippen LogP contribution in [0.2, 0.25) is 5.02 Å². The third-order valence-corrected chi connectivity index (χ3v) is 6.22. The number of imidazole rings is 1. The molecule has 0 atom stereocenters. The van der Waals surface area contributed by atoms with Crippen molar-refractivity contribution in [1.82, 2.24) is 19.7 Å². The smallest absolute Gasteiger partial charge is 0.255 e. The highest BCUT2D eigenvalue weighted by Gasteiger charge is 2.23. The number of furan rings is 1. The van der Waals surface area contributed by atoms with E-state index < -0.39 is 0 Å². The van der Waals surface area contributed by atoms with Crippen LogP contribution in [0, 0.1) is 6.92 Å². The lowest BCUT2D eigenvalue weighted by Gasteiger charge is -2.08. The average Bonchev–Trinajstić information content (AvgIpc) is 3.49. The monoisotopic (exact) mass is 511 g/mol. The Morgan fingerprint density at radius 2 is 1.95 bits per heavy atom. The molecule has 0 unspecified atom stereocenters. The van der Waals surface area contributed by atoms with Crippen molar-refractivity contribution in [2.24, 2.45) is 0 Å². The summed E-state index contributed by atoms with van der Waals surface area (Å²) in [5, 5.41) is 6.63. The van der Waals surface area contributed by atoms with Gasteiger partial charge in [-0.05, 0) is 55.8 Å². The number of nitrogens with one attached hydrogen (secondary N) is 2. The first-order valence-corrected chi connectivity index (χ1v) is 12.3. The fourth-order valence-electron chi connectivity index (χ4n) is 4.12. The number of aromatic nitrogens is 3. The van der Waals surface area contributed by atoms with E-state index in [9.17, 15) is 4.79 Å². The Balaban J connectivity index is 1.45. The van der Waals surface area contributed by atoms with Crippen LogP contribution in [-0.4, -0.2) is 26.8 Å². The first-order chi connectivity index (χ1) is 17.9. The van der Waals surface area contributed by atoms with Crippen molar-refractivity contribution in [2.45, 2.75) is 20.3 Å². The summed E-state index contributed by atoms with van der Waals surface area (Å²) < 4.78 is 8.26. The zero-order chi connectivity index (χ0) is 25.9. The molecule has 1 aromatic carbocycles. The molecule has 0 bridgehead atoms. The van der Waals surface area contributed by atoms with Crippen LogP contribution in [0.4, 0.5) is 5.82 Å². The highest BCUT2D eigenvalue weighted by atomic mass is 35.5. The number of allylic oxidation sites excluding steroid dienone is 1. The Morgan fingerprint density at radius 1 is 1.14 bits per heavy atom. The maximum absolute atomic E-state index is 13.4. The number of nitrogens with zero attached hydrogens (tertiary/aromatic N) is 3. The lowest BCUT2D eigenvalue weighted by Crippen LogP contribution is -2.25. The van der Waals surface area contributed by atoms with E-state index in [1.165, 1.54) is 0 Å². The van der Waals surface area contributed by atoms with Gasteiger partial charge in [0.05, 0.1) is 16.3 Å². The Morgan fingerprint density at radius 3 is 2.73 bits per heavy atom. The lowest BCUT2D eigenvalue weighted by atomic mass is 10.1. The van der Waals surface area contributed by atoms with E-state index in [1.54, 1.807) is 18.3 Å². The van der Waals surface area contributed by atoms with Gasteiger partial charge in [0.2, 0.25) is 0 Å². The number of anilines is 1. The van der Waals surface area contributed by atoms with Crippen molar-refractivity contribution in [2.75, 3.05) is 11.9 Å². The number of rotatable bonds is 8. The zero-order valence-electron chi connectivity index (χ0n) is 20.6. The molecule has 0 aliphatic rings. The second kappa shape index (κ2) is 10.3. The van der Waals surface area contributed by atoms with Crippen molar-refractivity contribution in [1.29, 1.82) is 0 Å². The van der Waals surface area contributed by atoms with E-state index >= 15 is 0 Å². The number of carbonyl (C=O) groups is 1. The molecule has 5 aromatic rings. The number of hydrogen-bond donors (Lipinski definition) is 2. The molecule has 2 N–H and O–H groups in total. The minimum Gasteiger partial charge on any atom is -0.455 e. The molecule has 0 aliphatic carbocycles. The Hall–Kier alpha value is -4.36. The number of benzene rings is 1. The van der Waals surface area contributed by atoms with E-state index in [0.29, 0.717) is 46.5 Å². The molecule has 1 amide bonds. The van der Waals surface area contributed by atoms with Crippen molar-refractivity contribution in [3.05, 3.63) is 107 Å². The topological polar surface area (TPSA) is 84.5 Å². The van der Waals surface area contributed by atoms with Gasteiger partial charge in [0.1, 0.15) is 23.0 Å². The molecule has 0 aliphatic heterocycles. The second-order valence-electron chi connectivity index (χ2n) is 8.83. The summed E-state index contributed by atoms with van der Waals surface area (Å²) in [6.07, 6.45) is 6.27. The van der Waals surface area contributed by atoms with Gasteiger partial charge in [-0.2, -0.15) is 0 Å². The van der Waals surface area contributed by atoms with Crippen LogP contribution >= 0.6 is 11.6 Å². The summed E-state index contributed by atoms with van der Waals surface area (Å²) in [6, 6.07) is 16.8. The largest absolute Gasteiger partial charge is 0.455 e. The van der Waals surface area contributed by atoms with E-state index in [-0.39, 0.29) is 5.91 Å². The number of carbonyl (C=O) groups excluding carboxylic acids is 1. The van der Waals surface area contributed by atoms with E-state index in [4.69, 9.17) is 16.0 Å². The average molecular weight is 512 g/mol. The van der Waals surface area contributed by atoms with Crippen molar-refractivity contribution in [3.8, 4) is 22.6 Å². The Bertz CT molecular complexity index is 1580. The van der Waals surface area contributed by atoms with Crippen LogP contribution < -0.4 is 10.6 Å². The number of hydrogen-bond acceptors (Lipinski definition) is 5. The lowest BCUT2D eigenvalue weighted by molar-refractivity contribution is 0.0954. The maximum Gasteiger partial charge on any atom is 0.255 e. The molecule has 0 saturated heterocycles. The maximum atomic E-state index is 13.4. The summed E-state index contributed by atoms with van der Waals surface area (Å²) in [5.41, 5.74) is 5.32. The minimum absolute atomic E-state index is 0.249. The number of halogens is 1. The number of pyridine rings is 2. The normalized spacial score (nSPS) is 11.0. The highest BCUT2D eigenvalue weighted by Crippen LogP contribution is 2.37. The van der Waals surface area contributed by atoms with E-state index in [0.717, 1.165) is 28.2 Å². The Kier molecular flexibility index (Phi) is 6.79. The summed E-state index contributed by atoms with van der Waals surface area (Å²) in [4.78, 5) is 22.4. The summed E-state index contributed by atoms with van der Waals surface area (Å²) >= 11 is 6.50. The van der Waals surface area contributed by atoms with Crippen molar-refractivity contribution in [3.63, 3.8) is 0 Å². The SMILES string of the molecule is C=C(C)Nc1cc(-c2cc(C(=O)NCCc3cn4ccccc4n3)c(-c3ccccc3Cl)o2)c(C)cn1. The van der Waals surface area contributed by atoms with Crippen LogP contribution in [0.15, 0.2) is 89.9 Å². The molecule has 4 heterocycles. The molecule has 0 radical (unpaired) electrons. The van der Waals surface area contributed by atoms with E-state index in [2.05, 4.69) is 27.2 Å². The molecule has 7 nitrogen and oxygen atoms in total. The molecule has 0 spiro atoms. The van der Waals surface area contributed by atoms with Crippen molar-refractivity contribution >= 4 is 29.0 Å². The first-order valence-electron chi connectivity index (χ1n) is 11.9. The van der Waals surface area contributed by atoms with Crippen LogP contribution in [0.5, 0.6) is 0 Å². The molecule has 0 saturated carbocycles. The molecule has 8 heteroatoms.